The van der Waals surface area contributed by atoms with Gasteiger partial charge in [0.2, 0.25) is 0 Å². The quantitative estimate of drug-likeness (QED) is 0.563. The van der Waals surface area contributed by atoms with E-state index in [0.717, 1.165) is 37.9 Å². The number of halogens is 2. The molecule has 2 saturated heterocycles. The number of nitrogens with zero attached hydrogens (tertiary/aromatic N) is 1. The second-order valence-corrected chi connectivity index (χ2v) is 9.55. The molecule has 2 aliphatic rings. The predicted octanol–water partition coefficient (Wildman–Crippen LogP) is 4.60. The summed E-state index contributed by atoms with van der Waals surface area (Å²) in [5.74, 6) is 0.264. The van der Waals surface area contributed by atoms with Crippen molar-refractivity contribution in [1.82, 2.24) is 10.2 Å². The van der Waals surface area contributed by atoms with Crippen LogP contribution in [-0.4, -0.2) is 61.3 Å². The Morgan fingerprint density at radius 3 is 2.37 bits per heavy atom. The van der Waals surface area contributed by atoms with Gasteiger partial charge < -0.3 is 20.3 Å². The summed E-state index contributed by atoms with van der Waals surface area (Å²) in [6.45, 7) is 4.13. The number of alkyl halides is 1. The maximum atomic E-state index is 14.8. The monoisotopic (exact) mass is 485 g/mol. The number of piperidine rings is 1. The van der Waals surface area contributed by atoms with Crippen molar-refractivity contribution in [3.63, 3.8) is 0 Å². The normalized spacial score (nSPS) is 23.6. The van der Waals surface area contributed by atoms with Crippen LogP contribution in [0.2, 0.25) is 0 Å². The van der Waals surface area contributed by atoms with Crippen molar-refractivity contribution in [2.24, 2.45) is 5.92 Å². The van der Waals surface area contributed by atoms with E-state index in [1.807, 2.05) is 12.1 Å². The van der Waals surface area contributed by atoms with Crippen LogP contribution in [0.5, 0.6) is 0 Å². The average Bonchev–Trinajstić information content (AvgIpc) is 2.84. The van der Waals surface area contributed by atoms with Crippen LogP contribution in [0.1, 0.15) is 42.1 Å². The van der Waals surface area contributed by atoms with Crippen molar-refractivity contribution in [3.05, 3.63) is 65.5 Å². The minimum absolute atomic E-state index is 0.0528. The Morgan fingerprint density at radius 2 is 1.71 bits per heavy atom. The zero-order chi connectivity index (χ0) is 24.8. The number of carbonyl (C=O) groups is 2. The number of likely N-dealkylation sites (tertiary alicyclic amines) is 1. The molecule has 0 saturated carbocycles. The second kappa shape index (κ2) is 11.7. The largest absolute Gasteiger partial charge is 0.375 e. The Kier molecular flexibility index (Phi) is 8.46. The van der Waals surface area contributed by atoms with Gasteiger partial charge in [0.15, 0.2) is 5.78 Å². The van der Waals surface area contributed by atoms with Crippen molar-refractivity contribution in [1.29, 1.82) is 0 Å². The van der Waals surface area contributed by atoms with Crippen molar-refractivity contribution in [2.75, 3.05) is 31.6 Å². The van der Waals surface area contributed by atoms with Crippen LogP contribution in [0.25, 0.3) is 0 Å². The summed E-state index contributed by atoms with van der Waals surface area (Å²) in [7, 11) is 0. The van der Waals surface area contributed by atoms with E-state index < -0.39 is 24.3 Å². The molecule has 2 N–H and O–H groups in total. The van der Waals surface area contributed by atoms with E-state index >= 15 is 0 Å². The molecular formula is C27H33F2N3O3. The van der Waals surface area contributed by atoms with Crippen LogP contribution in [0.15, 0.2) is 48.5 Å². The fourth-order valence-corrected chi connectivity index (χ4v) is 4.89. The first-order valence-electron chi connectivity index (χ1n) is 12.3. The maximum Gasteiger partial charge on any atom is 0.319 e. The average molecular weight is 486 g/mol. The van der Waals surface area contributed by atoms with Crippen LogP contribution in [0, 0.1) is 11.7 Å². The van der Waals surface area contributed by atoms with E-state index in [0.29, 0.717) is 30.3 Å². The number of benzene rings is 2. The maximum absolute atomic E-state index is 14.8. The molecule has 2 aliphatic heterocycles. The summed E-state index contributed by atoms with van der Waals surface area (Å²) in [6.07, 6.45) is 1.58. The summed E-state index contributed by atoms with van der Waals surface area (Å²) in [4.78, 5) is 26.3. The van der Waals surface area contributed by atoms with Gasteiger partial charge in [-0.1, -0.05) is 12.1 Å². The van der Waals surface area contributed by atoms with Gasteiger partial charge in [0, 0.05) is 30.8 Å². The van der Waals surface area contributed by atoms with Gasteiger partial charge in [-0.2, -0.15) is 0 Å². The summed E-state index contributed by atoms with van der Waals surface area (Å²) in [5.41, 5.74) is 2.23. The third-order valence-electron chi connectivity index (χ3n) is 6.95. The second-order valence-electron chi connectivity index (χ2n) is 9.55. The first-order valence-corrected chi connectivity index (χ1v) is 12.3. The minimum Gasteiger partial charge on any atom is -0.375 e. The molecule has 4 rings (SSSR count). The standard InChI is InChI=1S/C27H33F2N3O3/c1-18(33)21-4-8-23(9-5-21)30-27(34)31-26-24(29)12-15-35-25(26)17-32-13-10-20(11-14-32)16-19-2-6-22(28)7-3-19/h2-9,20,24-26H,10-17H2,1H3,(H2,30,31,34)/t24-,25-,26-/m1/s1. The highest BCUT2D eigenvalue weighted by Gasteiger charge is 2.37. The Hall–Kier alpha value is -2.84. The third kappa shape index (κ3) is 7.08. The van der Waals surface area contributed by atoms with Gasteiger partial charge in [-0.05, 0) is 87.2 Å². The molecule has 2 heterocycles. The van der Waals surface area contributed by atoms with Crippen molar-refractivity contribution >= 4 is 17.5 Å². The van der Waals surface area contributed by atoms with Gasteiger partial charge in [0.25, 0.3) is 0 Å². The van der Waals surface area contributed by atoms with Gasteiger partial charge in [-0.25, -0.2) is 13.6 Å². The van der Waals surface area contributed by atoms with E-state index in [-0.39, 0.29) is 18.0 Å². The number of urea groups is 1. The molecule has 0 radical (unpaired) electrons. The zero-order valence-corrected chi connectivity index (χ0v) is 20.0. The Bertz CT molecular complexity index is 992. The summed E-state index contributed by atoms with van der Waals surface area (Å²) in [5, 5.41) is 5.48. The number of rotatable bonds is 7. The smallest absolute Gasteiger partial charge is 0.319 e. The van der Waals surface area contributed by atoms with Gasteiger partial charge in [-0.15, -0.1) is 0 Å². The highest BCUT2D eigenvalue weighted by Crippen LogP contribution is 2.25. The zero-order valence-electron chi connectivity index (χ0n) is 20.0. The number of anilines is 1. The van der Waals surface area contributed by atoms with E-state index in [1.54, 1.807) is 24.3 Å². The lowest BCUT2D eigenvalue weighted by Gasteiger charge is -2.39. The number of carbonyl (C=O) groups excluding carboxylic acids is 2. The fraction of sp³-hybridized carbons (Fsp3) is 0.481. The molecule has 188 valence electrons. The molecule has 3 atom stereocenters. The number of ketones is 1. The molecule has 2 aromatic rings. The Morgan fingerprint density at radius 1 is 1.03 bits per heavy atom. The highest BCUT2D eigenvalue weighted by atomic mass is 19.1. The van der Waals surface area contributed by atoms with Crippen molar-refractivity contribution in [3.8, 4) is 0 Å². The van der Waals surface area contributed by atoms with Crippen LogP contribution < -0.4 is 10.6 Å². The van der Waals surface area contributed by atoms with Gasteiger partial charge in [0.1, 0.15) is 12.0 Å². The molecule has 8 heteroatoms. The van der Waals surface area contributed by atoms with Gasteiger partial charge in [0.05, 0.1) is 12.1 Å². The molecule has 2 amide bonds. The molecular weight excluding hydrogens is 452 g/mol. The Labute approximate surface area is 205 Å². The van der Waals surface area contributed by atoms with E-state index in [1.165, 1.54) is 19.1 Å². The molecule has 0 bridgehead atoms. The van der Waals surface area contributed by atoms with E-state index in [2.05, 4.69) is 15.5 Å². The van der Waals surface area contributed by atoms with Crippen molar-refractivity contribution in [2.45, 2.75) is 50.9 Å². The Balaban J connectivity index is 1.27. The SMILES string of the molecule is CC(=O)c1ccc(NC(=O)N[C@@H]2[C@H](F)CCO[C@@H]2CN2CCC(Cc3ccc(F)cc3)CC2)cc1. The molecule has 0 aromatic heterocycles. The van der Waals surface area contributed by atoms with Crippen LogP contribution >= 0.6 is 0 Å². The molecule has 2 fully saturated rings. The number of amides is 2. The number of nitrogens with one attached hydrogen (secondary N) is 2. The highest BCUT2D eigenvalue weighted by molar-refractivity contribution is 5.95. The van der Waals surface area contributed by atoms with Crippen LogP contribution in [0.4, 0.5) is 19.3 Å². The first-order chi connectivity index (χ1) is 16.9. The molecule has 0 aliphatic carbocycles. The molecule has 35 heavy (non-hydrogen) atoms. The number of ether oxygens (including phenoxy) is 1. The van der Waals surface area contributed by atoms with E-state index in [4.69, 9.17) is 4.74 Å². The summed E-state index contributed by atoms with van der Waals surface area (Å²) in [6, 6.07) is 12.0. The van der Waals surface area contributed by atoms with Gasteiger partial charge in [-0.3, -0.25) is 4.79 Å². The fourth-order valence-electron chi connectivity index (χ4n) is 4.89. The third-order valence-corrected chi connectivity index (χ3v) is 6.95. The lowest BCUT2D eigenvalue weighted by Crippen LogP contribution is -2.58. The van der Waals surface area contributed by atoms with Crippen LogP contribution in [-0.2, 0) is 11.2 Å². The topological polar surface area (TPSA) is 70.7 Å². The number of Topliss-reactive ketones (excluding diaryl/α,β-unsaturated/α-hetero) is 1. The van der Waals surface area contributed by atoms with Crippen molar-refractivity contribution < 1.29 is 23.1 Å². The lowest BCUT2D eigenvalue weighted by molar-refractivity contribution is -0.0590. The number of hydrogen-bond acceptors (Lipinski definition) is 4. The predicted molar refractivity (Wildman–Crippen MR) is 131 cm³/mol. The first kappa shape index (κ1) is 25.3. The van der Waals surface area contributed by atoms with E-state index in [9.17, 15) is 18.4 Å². The molecule has 0 unspecified atom stereocenters. The summed E-state index contributed by atoms with van der Waals surface area (Å²) >= 11 is 0. The van der Waals surface area contributed by atoms with Crippen LogP contribution in [0.3, 0.4) is 0 Å². The lowest BCUT2D eigenvalue weighted by atomic mass is 9.89. The summed E-state index contributed by atoms with van der Waals surface area (Å²) < 4.78 is 33.9. The molecule has 2 aromatic carbocycles. The minimum atomic E-state index is -1.18. The molecule has 6 nitrogen and oxygen atoms in total. The van der Waals surface area contributed by atoms with Gasteiger partial charge >= 0.3 is 6.03 Å². The number of hydrogen-bond donors (Lipinski definition) is 2. The molecule has 0 spiro atoms.